The summed E-state index contributed by atoms with van der Waals surface area (Å²) in [4.78, 5) is 23.1. The van der Waals surface area contributed by atoms with Gasteiger partial charge in [-0.05, 0) is 18.6 Å². The monoisotopic (exact) mass is 303 g/mol. The van der Waals surface area contributed by atoms with Crippen molar-refractivity contribution in [1.82, 2.24) is 5.32 Å². The zero-order valence-corrected chi connectivity index (χ0v) is 12.0. The SMILES string of the molecule is CCCC[C@H](NC(=O)c1c(Cl)cccc1Cl)C(=O)O. The zero-order chi connectivity index (χ0) is 14.4. The predicted molar refractivity (Wildman–Crippen MR) is 74.9 cm³/mol. The molecule has 0 radical (unpaired) electrons. The summed E-state index contributed by atoms with van der Waals surface area (Å²) in [5, 5.41) is 11.9. The van der Waals surface area contributed by atoms with Crippen LogP contribution in [-0.2, 0) is 4.79 Å². The summed E-state index contributed by atoms with van der Waals surface area (Å²) in [5.74, 6) is -1.64. The molecule has 1 rings (SSSR count). The largest absolute Gasteiger partial charge is 0.480 e. The van der Waals surface area contributed by atoms with E-state index in [1.54, 1.807) is 6.07 Å². The van der Waals surface area contributed by atoms with Crippen molar-refractivity contribution >= 4 is 35.1 Å². The molecule has 19 heavy (non-hydrogen) atoms. The fourth-order valence-electron chi connectivity index (χ4n) is 1.61. The number of nitrogens with one attached hydrogen (secondary N) is 1. The minimum Gasteiger partial charge on any atom is -0.480 e. The van der Waals surface area contributed by atoms with Gasteiger partial charge in [-0.2, -0.15) is 0 Å². The molecule has 1 aromatic rings. The molecule has 0 fully saturated rings. The molecular weight excluding hydrogens is 289 g/mol. The first kappa shape index (κ1) is 15.8. The Kier molecular flexibility index (Phi) is 6.12. The molecule has 0 unspecified atom stereocenters. The van der Waals surface area contributed by atoms with Crippen LogP contribution in [0, 0.1) is 0 Å². The first-order valence-electron chi connectivity index (χ1n) is 5.95. The molecule has 2 N–H and O–H groups in total. The van der Waals surface area contributed by atoms with Gasteiger partial charge in [0.2, 0.25) is 0 Å². The normalized spacial score (nSPS) is 11.9. The van der Waals surface area contributed by atoms with Crippen molar-refractivity contribution in [1.29, 1.82) is 0 Å². The average Bonchev–Trinajstić information content (AvgIpc) is 2.33. The van der Waals surface area contributed by atoms with Crippen LogP contribution in [0.4, 0.5) is 0 Å². The van der Waals surface area contributed by atoms with E-state index in [9.17, 15) is 9.59 Å². The summed E-state index contributed by atoms with van der Waals surface area (Å²) in [6.45, 7) is 1.95. The van der Waals surface area contributed by atoms with E-state index in [1.807, 2.05) is 6.92 Å². The zero-order valence-electron chi connectivity index (χ0n) is 10.5. The Bertz CT molecular complexity index is 457. The van der Waals surface area contributed by atoms with Gasteiger partial charge >= 0.3 is 5.97 Å². The van der Waals surface area contributed by atoms with Gasteiger partial charge < -0.3 is 10.4 Å². The molecule has 0 aliphatic carbocycles. The Hall–Kier alpha value is -1.26. The Labute approximate surface area is 121 Å². The number of unbranched alkanes of at least 4 members (excludes halogenated alkanes) is 1. The van der Waals surface area contributed by atoms with Crippen molar-refractivity contribution in [3.63, 3.8) is 0 Å². The van der Waals surface area contributed by atoms with Gasteiger partial charge in [-0.3, -0.25) is 4.79 Å². The molecule has 4 nitrogen and oxygen atoms in total. The van der Waals surface area contributed by atoms with Crippen LogP contribution in [0.2, 0.25) is 10.0 Å². The summed E-state index contributed by atoms with van der Waals surface area (Å²) in [6, 6.07) is 3.75. The standard InChI is InChI=1S/C13H15Cl2NO3/c1-2-3-7-10(13(18)19)16-12(17)11-8(14)5-4-6-9(11)15/h4-6,10H,2-3,7H2,1H3,(H,16,17)(H,18,19)/t10-/m0/s1. The highest BCUT2D eigenvalue weighted by atomic mass is 35.5. The molecule has 0 heterocycles. The van der Waals surface area contributed by atoms with Crippen molar-refractivity contribution in [2.45, 2.75) is 32.2 Å². The summed E-state index contributed by atoms with van der Waals surface area (Å²) in [7, 11) is 0. The Morgan fingerprint density at radius 1 is 1.32 bits per heavy atom. The van der Waals surface area contributed by atoms with Crippen LogP contribution in [-0.4, -0.2) is 23.0 Å². The fourth-order valence-corrected chi connectivity index (χ4v) is 2.18. The van der Waals surface area contributed by atoms with Crippen LogP contribution >= 0.6 is 23.2 Å². The van der Waals surface area contributed by atoms with Crippen molar-refractivity contribution in [3.8, 4) is 0 Å². The molecule has 6 heteroatoms. The highest BCUT2D eigenvalue weighted by Gasteiger charge is 2.22. The number of hydrogen-bond donors (Lipinski definition) is 2. The van der Waals surface area contributed by atoms with Gasteiger partial charge in [0.05, 0.1) is 15.6 Å². The maximum Gasteiger partial charge on any atom is 0.326 e. The highest BCUT2D eigenvalue weighted by Crippen LogP contribution is 2.24. The number of amides is 1. The summed E-state index contributed by atoms with van der Waals surface area (Å²) < 4.78 is 0. The minimum atomic E-state index is -1.06. The van der Waals surface area contributed by atoms with Crippen LogP contribution in [0.15, 0.2) is 18.2 Å². The first-order chi connectivity index (χ1) is 8.97. The lowest BCUT2D eigenvalue weighted by Gasteiger charge is -2.15. The van der Waals surface area contributed by atoms with Gasteiger partial charge in [0, 0.05) is 0 Å². The molecule has 0 aliphatic rings. The van der Waals surface area contributed by atoms with E-state index in [4.69, 9.17) is 28.3 Å². The third-order valence-corrected chi connectivity index (χ3v) is 3.27. The predicted octanol–water partition coefficient (Wildman–Crippen LogP) is 3.37. The Balaban J connectivity index is 2.85. The second-order valence-electron chi connectivity index (χ2n) is 4.10. The van der Waals surface area contributed by atoms with Crippen LogP contribution in [0.3, 0.4) is 0 Å². The average molecular weight is 304 g/mol. The molecule has 0 saturated carbocycles. The topological polar surface area (TPSA) is 66.4 Å². The van der Waals surface area contributed by atoms with Crippen LogP contribution in [0.25, 0.3) is 0 Å². The molecule has 0 aromatic heterocycles. The lowest BCUT2D eigenvalue weighted by Crippen LogP contribution is -2.40. The second kappa shape index (κ2) is 7.36. The molecule has 1 atom stereocenters. The molecule has 0 saturated heterocycles. The maximum absolute atomic E-state index is 12.0. The summed E-state index contributed by atoms with van der Waals surface area (Å²) >= 11 is 11.8. The molecule has 0 aliphatic heterocycles. The van der Waals surface area contributed by atoms with Gasteiger partial charge in [-0.25, -0.2) is 4.79 Å². The van der Waals surface area contributed by atoms with Gasteiger partial charge in [-0.15, -0.1) is 0 Å². The van der Waals surface area contributed by atoms with Crippen LogP contribution < -0.4 is 5.32 Å². The van der Waals surface area contributed by atoms with E-state index >= 15 is 0 Å². The molecular formula is C13H15Cl2NO3. The smallest absolute Gasteiger partial charge is 0.326 e. The Morgan fingerprint density at radius 2 is 1.89 bits per heavy atom. The number of rotatable bonds is 6. The Morgan fingerprint density at radius 3 is 2.37 bits per heavy atom. The summed E-state index contributed by atoms with van der Waals surface area (Å²) in [6.07, 6.45) is 1.94. The van der Waals surface area contributed by atoms with Gasteiger partial charge in [0.25, 0.3) is 5.91 Å². The summed E-state index contributed by atoms with van der Waals surface area (Å²) in [5.41, 5.74) is 0.105. The molecule has 0 bridgehead atoms. The third kappa shape index (κ3) is 4.40. The van der Waals surface area contributed by atoms with E-state index in [2.05, 4.69) is 5.32 Å². The number of carboxylic acids is 1. The third-order valence-electron chi connectivity index (χ3n) is 2.64. The molecule has 1 amide bonds. The lowest BCUT2D eigenvalue weighted by molar-refractivity contribution is -0.139. The van der Waals surface area contributed by atoms with E-state index in [0.717, 1.165) is 6.42 Å². The van der Waals surface area contributed by atoms with E-state index in [0.29, 0.717) is 12.8 Å². The van der Waals surface area contributed by atoms with Gasteiger partial charge in [0.15, 0.2) is 0 Å². The maximum atomic E-state index is 12.0. The number of carboxylic acid groups (broad SMARTS) is 1. The number of carbonyl (C=O) groups excluding carboxylic acids is 1. The highest BCUT2D eigenvalue weighted by molar-refractivity contribution is 6.39. The lowest BCUT2D eigenvalue weighted by atomic mass is 10.1. The number of halogens is 2. The van der Waals surface area contributed by atoms with E-state index in [-0.39, 0.29) is 15.6 Å². The number of benzene rings is 1. The number of carbonyl (C=O) groups is 2. The van der Waals surface area contributed by atoms with Gasteiger partial charge in [-0.1, -0.05) is 49.0 Å². The number of hydrogen-bond acceptors (Lipinski definition) is 2. The van der Waals surface area contributed by atoms with Crippen LogP contribution in [0.5, 0.6) is 0 Å². The van der Waals surface area contributed by atoms with E-state index in [1.165, 1.54) is 12.1 Å². The molecule has 1 aromatic carbocycles. The van der Waals surface area contributed by atoms with Crippen molar-refractivity contribution in [3.05, 3.63) is 33.8 Å². The van der Waals surface area contributed by atoms with Crippen molar-refractivity contribution in [2.24, 2.45) is 0 Å². The quantitative estimate of drug-likeness (QED) is 0.847. The fraction of sp³-hybridized carbons (Fsp3) is 0.385. The first-order valence-corrected chi connectivity index (χ1v) is 6.70. The number of aliphatic carboxylic acids is 1. The van der Waals surface area contributed by atoms with Crippen LogP contribution in [0.1, 0.15) is 36.5 Å². The minimum absolute atomic E-state index is 0.105. The van der Waals surface area contributed by atoms with Gasteiger partial charge in [0.1, 0.15) is 6.04 Å². The van der Waals surface area contributed by atoms with E-state index < -0.39 is 17.9 Å². The van der Waals surface area contributed by atoms with Crippen molar-refractivity contribution in [2.75, 3.05) is 0 Å². The molecule has 104 valence electrons. The second-order valence-corrected chi connectivity index (χ2v) is 4.92. The molecule has 0 spiro atoms. The van der Waals surface area contributed by atoms with Crippen molar-refractivity contribution < 1.29 is 14.7 Å².